The molecule has 0 radical (unpaired) electrons. The predicted octanol–water partition coefficient (Wildman–Crippen LogP) is 0.855. The van der Waals surface area contributed by atoms with Gasteiger partial charge in [0.15, 0.2) is 0 Å². The average molecular weight is 230 g/mol. The number of nitrogens with zero attached hydrogens (tertiary/aromatic N) is 1. The van der Waals surface area contributed by atoms with Crippen LogP contribution in [0, 0.1) is 0 Å². The van der Waals surface area contributed by atoms with E-state index in [2.05, 4.69) is 24.2 Å². The molecule has 2 N–H and O–H groups in total. The Labute approximate surface area is 96.7 Å². The van der Waals surface area contributed by atoms with Gasteiger partial charge in [0.25, 0.3) is 0 Å². The van der Waals surface area contributed by atoms with E-state index in [1.807, 2.05) is 0 Å². The van der Waals surface area contributed by atoms with Crippen LogP contribution in [0.5, 0.6) is 0 Å². The highest BCUT2D eigenvalue weighted by Crippen LogP contribution is 2.29. The number of piperidine rings is 1. The first kappa shape index (κ1) is 13.4. The van der Waals surface area contributed by atoms with Crippen LogP contribution in [0.1, 0.15) is 33.1 Å². The lowest BCUT2D eigenvalue weighted by Gasteiger charge is -2.41. The van der Waals surface area contributed by atoms with Gasteiger partial charge in [-0.25, -0.2) is 5.48 Å². The number of hydroxylamine groups is 1. The maximum absolute atomic E-state index is 10.8. The number of aliphatic carboxylic acids is 1. The molecular weight excluding hydrogens is 208 g/mol. The lowest BCUT2D eigenvalue weighted by atomic mass is 9.87. The van der Waals surface area contributed by atoms with Crippen molar-refractivity contribution in [1.29, 1.82) is 0 Å². The molecule has 1 fully saturated rings. The summed E-state index contributed by atoms with van der Waals surface area (Å²) in [4.78, 5) is 18.6. The van der Waals surface area contributed by atoms with Crippen LogP contribution in [0.25, 0.3) is 0 Å². The Bertz CT molecular complexity index is 235. The lowest BCUT2D eigenvalue weighted by Crippen LogP contribution is -2.50. The Balaban J connectivity index is 2.58. The second-order valence-electron chi connectivity index (χ2n) is 4.69. The van der Waals surface area contributed by atoms with Crippen molar-refractivity contribution in [3.63, 3.8) is 0 Å². The molecule has 1 heterocycles. The third-order valence-electron chi connectivity index (χ3n) is 3.23. The molecule has 0 aromatic heterocycles. The summed E-state index contributed by atoms with van der Waals surface area (Å²) >= 11 is 0. The SMILES string of the molecule is CNOC1(CC(=O)O)CCN(C(C)C)CC1. The van der Waals surface area contributed by atoms with Crippen molar-refractivity contribution in [2.24, 2.45) is 0 Å². The first-order chi connectivity index (χ1) is 7.49. The second kappa shape index (κ2) is 5.61. The molecular formula is C11H22N2O3. The van der Waals surface area contributed by atoms with Crippen molar-refractivity contribution >= 4 is 5.97 Å². The van der Waals surface area contributed by atoms with Crippen LogP contribution < -0.4 is 5.48 Å². The summed E-state index contributed by atoms with van der Waals surface area (Å²) in [7, 11) is 1.68. The summed E-state index contributed by atoms with van der Waals surface area (Å²) in [6, 6.07) is 0.511. The zero-order valence-electron chi connectivity index (χ0n) is 10.3. The summed E-state index contributed by atoms with van der Waals surface area (Å²) in [5.41, 5.74) is 2.11. The van der Waals surface area contributed by atoms with Crippen LogP contribution in [0.2, 0.25) is 0 Å². The monoisotopic (exact) mass is 230 g/mol. The van der Waals surface area contributed by atoms with E-state index in [1.54, 1.807) is 7.05 Å². The quantitative estimate of drug-likeness (QED) is 0.686. The van der Waals surface area contributed by atoms with Crippen molar-refractivity contribution in [2.45, 2.75) is 44.8 Å². The first-order valence-electron chi connectivity index (χ1n) is 5.80. The molecule has 5 heteroatoms. The van der Waals surface area contributed by atoms with Gasteiger partial charge in [-0.1, -0.05) is 0 Å². The minimum atomic E-state index is -0.798. The van der Waals surface area contributed by atoms with Crippen LogP contribution in [0.15, 0.2) is 0 Å². The number of carbonyl (C=O) groups is 1. The van der Waals surface area contributed by atoms with Crippen LogP contribution >= 0.6 is 0 Å². The Morgan fingerprint density at radius 3 is 2.44 bits per heavy atom. The molecule has 0 aromatic carbocycles. The fraction of sp³-hybridized carbons (Fsp3) is 0.909. The van der Waals surface area contributed by atoms with E-state index in [-0.39, 0.29) is 6.42 Å². The van der Waals surface area contributed by atoms with Crippen LogP contribution in [-0.4, -0.2) is 47.8 Å². The molecule has 0 unspecified atom stereocenters. The largest absolute Gasteiger partial charge is 0.481 e. The van der Waals surface area contributed by atoms with Crippen molar-refractivity contribution in [3.05, 3.63) is 0 Å². The number of hydrogen-bond acceptors (Lipinski definition) is 4. The summed E-state index contributed by atoms with van der Waals surface area (Å²) in [5, 5.41) is 8.91. The van der Waals surface area contributed by atoms with E-state index in [9.17, 15) is 4.79 Å². The normalized spacial score (nSPS) is 21.2. The Hall–Kier alpha value is -0.650. The van der Waals surface area contributed by atoms with Gasteiger partial charge in [0.05, 0.1) is 6.42 Å². The maximum atomic E-state index is 10.8. The zero-order valence-corrected chi connectivity index (χ0v) is 10.3. The highest BCUT2D eigenvalue weighted by atomic mass is 16.7. The number of hydrogen-bond donors (Lipinski definition) is 2. The number of carboxylic acids is 1. The zero-order chi connectivity index (χ0) is 12.2. The van der Waals surface area contributed by atoms with Gasteiger partial charge in [0.2, 0.25) is 0 Å². The molecule has 0 saturated carbocycles. The van der Waals surface area contributed by atoms with Gasteiger partial charge >= 0.3 is 5.97 Å². The van der Waals surface area contributed by atoms with Gasteiger partial charge in [0.1, 0.15) is 5.60 Å². The molecule has 1 saturated heterocycles. The van der Waals surface area contributed by atoms with Crippen molar-refractivity contribution in [3.8, 4) is 0 Å². The summed E-state index contributed by atoms with van der Waals surface area (Å²) in [5.74, 6) is -0.798. The van der Waals surface area contributed by atoms with Gasteiger partial charge in [0, 0.05) is 26.2 Å². The molecule has 0 atom stereocenters. The van der Waals surface area contributed by atoms with Gasteiger partial charge in [-0.05, 0) is 26.7 Å². The van der Waals surface area contributed by atoms with Gasteiger partial charge in [-0.15, -0.1) is 0 Å². The van der Waals surface area contributed by atoms with Crippen LogP contribution in [0.3, 0.4) is 0 Å². The van der Waals surface area contributed by atoms with Crippen molar-refractivity contribution in [2.75, 3.05) is 20.1 Å². The van der Waals surface area contributed by atoms with Crippen molar-refractivity contribution < 1.29 is 14.7 Å². The molecule has 1 aliphatic heterocycles. The first-order valence-corrected chi connectivity index (χ1v) is 5.80. The number of carboxylic acid groups (broad SMARTS) is 1. The fourth-order valence-corrected chi connectivity index (χ4v) is 2.25. The summed E-state index contributed by atoms with van der Waals surface area (Å²) < 4.78 is 0. The Morgan fingerprint density at radius 2 is 2.06 bits per heavy atom. The van der Waals surface area contributed by atoms with Gasteiger partial charge < -0.3 is 10.0 Å². The molecule has 0 bridgehead atoms. The average Bonchev–Trinajstić information content (AvgIpc) is 2.17. The fourth-order valence-electron chi connectivity index (χ4n) is 2.25. The highest BCUT2D eigenvalue weighted by Gasteiger charge is 2.38. The lowest BCUT2D eigenvalue weighted by molar-refractivity contribution is -0.161. The van der Waals surface area contributed by atoms with Crippen molar-refractivity contribution in [1.82, 2.24) is 10.4 Å². The van der Waals surface area contributed by atoms with E-state index in [0.717, 1.165) is 25.9 Å². The third-order valence-corrected chi connectivity index (χ3v) is 3.23. The van der Waals surface area contributed by atoms with E-state index in [1.165, 1.54) is 0 Å². The summed E-state index contributed by atoms with van der Waals surface area (Å²) in [6.45, 7) is 6.10. The minimum Gasteiger partial charge on any atom is -0.481 e. The Morgan fingerprint density at radius 1 is 1.50 bits per heavy atom. The van der Waals surface area contributed by atoms with E-state index in [0.29, 0.717) is 6.04 Å². The molecule has 1 aliphatic rings. The highest BCUT2D eigenvalue weighted by molar-refractivity contribution is 5.68. The molecule has 94 valence electrons. The second-order valence-corrected chi connectivity index (χ2v) is 4.69. The number of nitrogens with one attached hydrogen (secondary N) is 1. The number of likely N-dealkylation sites (tertiary alicyclic amines) is 1. The topological polar surface area (TPSA) is 61.8 Å². The van der Waals surface area contributed by atoms with E-state index >= 15 is 0 Å². The Kier molecular flexibility index (Phi) is 4.70. The minimum absolute atomic E-state index is 0.0692. The van der Waals surface area contributed by atoms with E-state index < -0.39 is 11.6 Å². The number of rotatable bonds is 5. The molecule has 16 heavy (non-hydrogen) atoms. The molecule has 0 aliphatic carbocycles. The predicted molar refractivity (Wildman–Crippen MR) is 61.1 cm³/mol. The van der Waals surface area contributed by atoms with E-state index in [4.69, 9.17) is 9.94 Å². The molecule has 1 rings (SSSR count). The molecule has 0 amide bonds. The molecule has 0 aromatic rings. The smallest absolute Gasteiger partial charge is 0.306 e. The summed E-state index contributed by atoms with van der Waals surface area (Å²) in [6.07, 6.45) is 1.59. The van der Waals surface area contributed by atoms with Gasteiger partial charge in [-0.2, -0.15) is 0 Å². The molecule has 5 nitrogen and oxygen atoms in total. The molecule has 0 spiro atoms. The van der Waals surface area contributed by atoms with Crippen LogP contribution in [0.4, 0.5) is 0 Å². The maximum Gasteiger partial charge on any atom is 0.306 e. The standard InChI is InChI=1S/C11H22N2O3/c1-9(2)13-6-4-11(5-7-13,16-12-3)8-10(14)15/h9,12H,4-8H2,1-3H3,(H,14,15). The van der Waals surface area contributed by atoms with Gasteiger partial charge in [-0.3, -0.25) is 9.63 Å². The van der Waals surface area contributed by atoms with Crippen LogP contribution in [-0.2, 0) is 9.63 Å². The third kappa shape index (κ3) is 3.43.